The average Bonchev–Trinajstić information content (AvgIpc) is 2.49. The Bertz CT molecular complexity index is 389. The summed E-state index contributed by atoms with van der Waals surface area (Å²) >= 11 is 0. The molecule has 0 spiro atoms. The maximum absolute atomic E-state index is 8.86. The lowest BCUT2D eigenvalue weighted by Crippen LogP contribution is -1.87. The molecule has 1 heteroatoms. The number of hydrogen-bond acceptors (Lipinski definition) is 1. The second kappa shape index (κ2) is 11.5. The van der Waals surface area contributed by atoms with E-state index in [1.165, 1.54) is 69.8 Å². The normalized spacial score (nSPS) is 10.4. The monoisotopic (exact) mass is 271 g/mol. The van der Waals surface area contributed by atoms with Gasteiger partial charge in [-0.15, -0.1) is 0 Å². The van der Waals surface area contributed by atoms with E-state index < -0.39 is 0 Å². The topological polar surface area (TPSA) is 23.8 Å². The molecule has 0 unspecified atom stereocenters. The summed E-state index contributed by atoms with van der Waals surface area (Å²) in [6.45, 7) is 2.27. The first-order chi connectivity index (χ1) is 9.86. The highest BCUT2D eigenvalue weighted by atomic mass is 14.2. The van der Waals surface area contributed by atoms with Gasteiger partial charge in [-0.2, -0.15) is 5.26 Å². The van der Waals surface area contributed by atoms with Crippen LogP contribution >= 0.6 is 0 Å². The van der Waals surface area contributed by atoms with Crippen LogP contribution < -0.4 is 0 Å². The second-order valence-electron chi connectivity index (χ2n) is 5.74. The van der Waals surface area contributed by atoms with Crippen molar-refractivity contribution in [3.63, 3.8) is 0 Å². The van der Waals surface area contributed by atoms with Gasteiger partial charge in [0.2, 0.25) is 0 Å². The Kier molecular flexibility index (Phi) is 9.66. The Hall–Kier alpha value is -1.29. The molecule has 0 atom stereocenters. The lowest BCUT2D eigenvalue weighted by Gasteiger charge is -2.03. The van der Waals surface area contributed by atoms with Gasteiger partial charge in [-0.3, -0.25) is 0 Å². The summed E-state index contributed by atoms with van der Waals surface area (Å²) in [7, 11) is 0. The number of aryl methyl sites for hydroxylation is 1. The molecule has 110 valence electrons. The van der Waals surface area contributed by atoms with Gasteiger partial charge >= 0.3 is 0 Å². The zero-order valence-electron chi connectivity index (χ0n) is 13.0. The number of hydrogen-bond donors (Lipinski definition) is 0. The molecule has 0 saturated heterocycles. The molecule has 0 aromatic heterocycles. The molecule has 0 fully saturated rings. The molecule has 0 radical (unpaired) electrons. The van der Waals surface area contributed by atoms with Gasteiger partial charge in [-0.25, -0.2) is 0 Å². The van der Waals surface area contributed by atoms with Crippen molar-refractivity contribution in [1.29, 1.82) is 5.26 Å². The van der Waals surface area contributed by atoms with E-state index in [4.69, 9.17) is 5.26 Å². The number of nitriles is 1. The van der Waals surface area contributed by atoms with Crippen molar-refractivity contribution >= 4 is 0 Å². The third-order valence-corrected chi connectivity index (χ3v) is 3.88. The third-order valence-electron chi connectivity index (χ3n) is 3.88. The summed E-state index contributed by atoms with van der Waals surface area (Å²) in [5.74, 6) is 0. The van der Waals surface area contributed by atoms with Crippen molar-refractivity contribution in [2.45, 2.75) is 77.6 Å². The van der Waals surface area contributed by atoms with Crippen LogP contribution in [0, 0.1) is 11.3 Å². The molecule has 1 aromatic rings. The number of nitrogens with zero attached hydrogens (tertiary/aromatic N) is 1. The minimum Gasteiger partial charge on any atom is -0.192 e. The molecule has 1 aromatic carbocycles. The van der Waals surface area contributed by atoms with E-state index in [1.54, 1.807) is 0 Å². The number of unbranched alkanes of at least 4 members (excludes halogenated alkanes) is 9. The molecular weight excluding hydrogens is 242 g/mol. The molecule has 0 amide bonds. The molecular formula is C19H29N. The van der Waals surface area contributed by atoms with Crippen LogP contribution in [0.4, 0.5) is 0 Å². The van der Waals surface area contributed by atoms with Crippen LogP contribution in [-0.4, -0.2) is 0 Å². The van der Waals surface area contributed by atoms with Crippen LogP contribution in [0.25, 0.3) is 0 Å². The van der Waals surface area contributed by atoms with Crippen molar-refractivity contribution in [2.24, 2.45) is 0 Å². The fourth-order valence-corrected chi connectivity index (χ4v) is 2.61. The first-order valence-electron chi connectivity index (χ1n) is 8.36. The quantitative estimate of drug-likeness (QED) is 0.451. The van der Waals surface area contributed by atoms with E-state index in [1.807, 2.05) is 18.2 Å². The van der Waals surface area contributed by atoms with Gasteiger partial charge in [0.25, 0.3) is 0 Å². The molecule has 0 N–H and O–H groups in total. The van der Waals surface area contributed by atoms with Gasteiger partial charge in [0.05, 0.1) is 11.6 Å². The summed E-state index contributed by atoms with van der Waals surface area (Å²) in [5.41, 5.74) is 2.10. The lowest BCUT2D eigenvalue weighted by molar-refractivity contribution is 0.556. The number of rotatable bonds is 11. The first kappa shape index (κ1) is 16.8. The Morgan fingerprint density at radius 3 is 2.05 bits per heavy atom. The molecule has 1 rings (SSSR count). The highest BCUT2D eigenvalue weighted by molar-refractivity contribution is 5.32. The molecule has 1 nitrogen and oxygen atoms in total. The molecule has 20 heavy (non-hydrogen) atoms. The zero-order valence-corrected chi connectivity index (χ0v) is 13.0. The van der Waals surface area contributed by atoms with E-state index in [2.05, 4.69) is 19.1 Å². The van der Waals surface area contributed by atoms with Crippen LogP contribution in [-0.2, 0) is 6.42 Å². The summed E-state index contributed by atoms with van der Waals surface area (Å²) in [6.07, 6.45) is 14.9. The summed E-state index contributed by atoms with van der Waals surface area (Å²) < 4.78 is 0. The van der Waals surface area contributed by atoms with E-state index in [-0.39, 0.29) is 0 Å². The van der Waals surface area contributed by atoms with E-state index in [0.717, 1.165) is 12.0 Å². The molecule has 0 heterocycles. The zero-order chi connectivity index (χ0) is 14.5. The highest BCUT2D eigenvalue weighted by Crippen LogP contribution is 2.13. The first-order valence-corrected chi connectivity index (χ1v) is 8.36. The largest absolute Gasteiger partial charge is 0.192 e. The van der Waals surface area contributed by atoms with Gasteiger partial charge in [-0.05, 0) is 30.5 Å². The van der Waals surface area contributed by atoms with Crippen LogP contribution in [0.2, 0.25) is 0 Å². The minimum atomic E-state index is 0.787. The van der Waals surface area contributed by atoms with E-state index >= 15 is 0 Å². The van der Waals surface area contributed by atoms with E-state index in [9.17, 15) is 0 Å². The maximum Gasteiger partial charge on any atom is 0.0991 e. The fourth-order valence-electron chi connectivity index (χ4n) is 2.61. The van der Waals surface area contributed by atoms with Gasteiger partial charge in [0.1, 0.15) is 0 Å². The van der Waals surface area contributed by atoms with Crippen molar-refractivity contribution < 1.29 is 0 Å². The standard InChI is InChI=1S/C19H29N/c1-2-3-4-5-6-7-8-9-10-11-13-18-14-12-15-19(16-18)17-20/h12,14-16H,2-11,13H2,1H3. The average molecular weight is 271 g/mol. The van der Waals surface area contributed by atoms with Gasteiger partial charge in [-0.1, -0.05) is 76.8 Å². The van der Waals surface area contributed by atoms with Gasteiger partial charge < -0.3 is 0 Å². The molecule has 0 aliphatic rings. The SMILES string of the molecule is CCCCCCCCCCCCc1cccc(C#N)c1. The van der Waals surface area contributed by atoms with E-state index in [0.29, 0.717) is 0 Å². The maximum atomic E-state index is 8.86. The predicted octanol–water partition coefficient (Wildman–Crippen LogP) is 6.02. The predicted molar refractivity (Wildman–Crippen MR) is 86.7 cm³/mol. The molecule has 0 aliphatic carbocycles. The Morgan fingerprint density at radius 2 is 1.45 bits per heavy atom. The molecule has 0 aliphatic heterocycles. The molecule has 0 saturated carbocycles. The van der Waals surface area contributed by atoms with Crippen molar-refractivity contribution in [1.82, 2.24) is 0 Å². The minimum absolute atomic E-state index is 0.787. The van der Waals surface area contributed by atoms with Crippen LogP contribution in [0.15, 0.2) is 24.3 Å². The lowest BCUT2D eigenvalue weighted by atomic mass is 10.0. The highest BCUT2D eigenvalue weighted by Gasteiger charge is 1.96. The van der Waals surface area contributed by atoms with Gasteiger partial charge in [0.15, 0.2) is 0 Å². The van der Waals surface area contributed by atoms with Crippen molar-refractivity contribution in [3.8, 4) is 6.07 Å². The summed E-state index contributed by atoms with van der Waals surface area (Å²) in [4.78, 5) is 0. The number of benzene rings is 1. The summed E-state index contributed by atoms with van der Waals surface area (Å²) in [6, 6.07) is 10.2. The van der Waals surface area contributed by atoms with Crippen LogP contribution in [0.5, 0.6) is 0 Å². The van der Waals surface area contributed by atoms with Crippen molar-refractivity contribution in [2.75, 3.05) is 0 Å². The third kappa shape index (κ3) is 8.00. The summed E-state index contributed by atoms with van der Waals surface area (Å²) in [5, 5.41) is 8.86. The Morgan fingerprint density at radius 1 is 0.850 bits per heavy atom. The fraction of sp³-hybridized carbons (Fsp3) is 0.632. The Labute approximate surface area is 125 Å². The smallest absolute Gasteiger partial charge is 0.0991 e. The Balaban J connectivity index is 1.95. The van der Waals surface area contributed by atoms with Crippen molar-refractivity contribution in [3.05, 3.63) is 35.4 Å². The molecule has 0 bridgehead atoms. The van der Waals surface area contributed by atoms with Gasteiger partial charge in [0, 0.05) is 0 Å². The van der Waals surface area contributed by atoms with Crippen LogP contribution in [0.3, 0.4) is 0 Å². The van der Waals surface area contributed by atoms with Crippen LogP contribution in [0.1, 0.15) is 82.3 Å². The second-order valence-corrected chi connectivity index (χ2v) is 5.74.